The molecule has 2 bridgehead atoms. The van der Waals surface area contributed by atoms with E-state index in [0.717, 1.165) is 11.1 Å². The zero-order valence-corrected chi connectivity index (χ0v) is 12.4. The van der Waals surface area contributed by atoms with Gasteiger partial charge in [-0.3, -0.25) is 9.59 Å². The molecule has 2 fully saturated rings. The standard InChI is InChI=1S/C17H17NO4/c1-9-3-4-10(2)11(7-9)18-15(20)13-12-5-6-17(8-19,22-12)14(13)16(18)21/h3-7,12-14,19H,8H2,1-2H3/t12-,13+,14-,17+/m0/s1. The Kier molecular flexibility index (Phi) is 2.65. The lowest BCUT2D eigenvalue weighted by Gasteiger charge is -2.26. The summed E-state index contributed by atoms with van der Waals surface area (Å²) in [5.74, 6) is -1.65. The molecule has 0 radical (unpaired) electrons. The van der Waals surface area contributed by atoms with Crippen LogP contribution in [0.3, 0.4) is 0 Å². The molecular weight excluding hydrogens is 282 g/mol. The Bertz CT molecular complexity index is 725. The van der Waals surface area contributed by atoms with Crippen molar-refractivity contribution in [3.8, 4) is 0 Å². The maximum absolute atomic E-state index is 12.9. The van der Waals surface area contributed by atoms with Crippen LogP contribution in [0.2, 0.25) is 0 Å². The molecule has 3 heterocycles. The Hall–Kier alpha value is -1.98. The smallest absolute Gasteiger partial charge is 0.241 e. The average Bonchev–Trinajstić information content (AvgIpc) is 3.14. The number of benzene rings is 1. The molecule has 4 atom stereocenters. The highest BCUT2D eigenvalue weighted by molar-refractivity contribution is 6.23. The zero-order chi connectivity index (χ0) is 15.6. The van der Waals surface area contributed by atoms with Gasteiger partial charge in [0.1, 0.15) is 5.60 Å². The van der Waals surface area contributed by atoms with Gasteiger partial charge in [0.05, 0.1) is 30.2 Å². The van der Waals surface area contributed by atoms with Gasteiger partial charge in [0.25, 0.3) is 0 Å². The summed E-state index contributed by atoms with van der Waals surface area (Å²) in [6.07, 6.45) is 3.11. The number of anilines is 1. The molecule has 1 aromatic rings. The molecule has 5 heteroatoms. The molecule has 1 aromatic carbocycles. The number of nitrogens with zero attached hydrogens (tertiary/aromatic N) is 1. The Morgan fingerprint density at radius 1 is 1.27 bits per heavy atom. The molecular formula is C17H17NO4. The fourth-order valence-electron chi connectivity index (χ4n) is 3.88. The van der Waals surface area contributed by atoms with Gasteiger partial charge in [0, 0.05) is 0 Å². The summed E-state index contributed by atoms with van der Waals surface area (Å²) in [4.78, 5) is 27.0. The summed E-state index contributed by atoms with van der Waals surface area (Å²) in [7, 11) is 0. The fraction of sp³-hybridized carbons (Fsp3) is 0.412. The van der Waals surface area contributed by atoms with Crippen molar-refractivity contribution in [2.45, 2.75) is 25.6 Å². The minimum atomic E-state index is -1.03. The first kappa shape index (κ1) is 13.7. The van der Waals surface area contributed by atoms with Gasteiger partial charge in [-0.25, -0.2) is 4.90 Å². The fourth-order valence-corrected chi connectivity index (χ4v) is 3.88. The summed E-state index contributed by atoms with van der Waals surface area (Å²) in [6.45, 7) is 3.52. The number of imide groups is 1. The predicted molar refractivity (Wildman–Crippen MR) is 79.2 cm³/mol. The Morgan fingerprint density at radius 2 is 2.05 bits per heavy atom. The monoisotopic (exact) mass is 299 g/mol. The van der Waals surface area contributed by atoms with Crippen LogP contribution in [0.5, 0.6) is 0 Å². The lowest BCUT2D eigenvalue weighted by atomic mass is 9.77. The third-order valence-electron chi connectivity index (χ3n) is 5.01. The van der Waals surface area contributed by atoms with Crippen molar-refractivity contribution in [1.29, 1.82) is 0 Å². The number of fused-ring (bicyclic) bond motifs is 5. The van der Waals surface area contributed by atoms with Crippen LogP contribution in [0, 0.1) is 25.7 Å². The molecule has 22 heavy (non-hydrogen) atoms. The largest absolute Gasteiger partial charge is 0.393 e. The van der Waals surface area contributed by atoms with Crippen molar-refractivity contribution in [1.82, 2.24) is 0 Å². The lowest BCUT2D eigenvalue weighted by Crippen LogP contribution is -2.43. The molecule has 2 amide bonds. The normalized spacial score (nSPS) is 35.6. The first-order valence-electron chi connectivity index (χ1n) is 7.41. The third kappa shape index (κ3) is 1.50. The Labute approximate surface area is 128 Å². The number of hydrogen-bond donors (Lipinski definition) is 1. The van der Waals surface area contributed by atoms with E-state index in [1.54, 1.807) is 12.2 Å². The van der Waals surface area contributed by atoms with Crippen LogP contribution in [0.4, 0.5) is 5.69 Å². The van der Waals surface area contributed by atoms with E-state index < -0.39 is 23.5 Å². The SMILES string of the molecule is Cc1ccc(C)c(N2C(=O)[C@@H]3[C@@H]4C=C[C@](CO)(O4)[C@@H]3C2=O)c1. The third-order valence-corrected chi connectivity index (χ3v) is 5.01. The van der Waals surface area contributed by atoms with Crippen molar-refractivity contribution in [3.63, 3.8) is 0 Å². The topological polar surface area (TPSA) is 66.8 Å². The Balaban J connectivity index is 1.81. The minimum absolute atomic E-state index is 0.228. The van der Waals surface area contributed by atoms with Crippen LogP contribution in [0.25, 0.3) is 0 Å². The highest BCUT2D eigenvalue weighted by Gasteiger charge is 2.67. The van der Waals surface area contributed by atoms with E-state index in [1.165, 1.54) is 4.90 Å². The maximum atomic E-state index is 12.9. The summed E-state index contributed by atoms with van der Waals surface area (Å²) >= 11 is 0. The average molecular weight is 299 g/mol. The van der Waals surface area contributed by atoms with Crippen molar-refractivity contribution in [3.05, 3.63) is 41.5 Å². The van der Waals surface area contributed by atoms with Gasteiger partial charge < -0.3 is 9.84 Å². The number of aliphatic hydroxyl groups excluding tert-OH is 1. The highest BCUT2D eigenvalue weighted by Crippen LogP contribution is 2.52. The molecule has 1 N–H and O–H groups in total. The predicted octanol–water partition coefficient (Wildman–Crippen LogP) is 1.11. The number of carbonyl (C=O) groups excluding carboxylic acids is 2. The number of carbonyl (C=O) groups is 2. The highest BCUT2D eigenvalue weighted by atomic mass is 16.5. The van der Waals surface area contributed by atoms with E-state index in [1.807, 2.05) is 32.0 Å². The molecule has 0 saturated carbocycles. The molecule has 4 rings (SSSR count). The van der Waals surface area contributed by atoms with Crippen LogP contribution in [-0.2, 0) is 14.3 Å². The first-order chi connectivity index (χ1) is 10.5. The van der Waals surface area contributed by atoms with E-state index in [9.17, 15) is 14.7 Å². The van der Waals surface area contributed by atoms with Crippen molar-refractivity contribution in [2.75, 3.05) is 11.5 Å². The van der Waals surface area contributed by atoms with Gasteiger partial charge in [-0.2, -0.15) is 0 Å². The molecule has 3 aliphatic heterocycles. The number of aliphatic hydroxyl groups is 1. The van der Waals surface area contributed by atoms with E-state index in [2.05, 4.69) is 0 Å². The van der Waals surface area contributed by atoms with Crippen molar-refractivity contribution >= 4 is 17.5 Å². The zero-order valence-electron chi connectivity index (χ0n) is 12.4. The first-order valence-corrected chi connectivity index (χ1v) is 7.41. The van der Waals surface area contributed by atoms with Crippen LogP contribution in [0.1, 0.15) is 11.1 Å². The van der Waals surface area contributed by atoms with Gasteiger partial charge >= 0.3 is 0 Å². The maximum Gasteiger partial charge on any atom is 0.241 e. The lowest BCUT2D eigenvalue weighted by molar-refractivity contribution is -0.128. The Morgan fingerprint density at radius 3 is 2.77 bits per heavy atom. The van der Waals surface area contributed by atoms with E-state index in [-0.39, 0.29) is 18.4 Å². The van der Waals surface area contributed by atoms with Gasteiger partial charge in [-0.05, 0) is 31.0 Å². The summed E-state index contributed by atoms with van der Waals surface area (Å²) in [5.41, 5.74) is 1.48. The number of rotatable bonds is 2. The molecule has 0 spiro atoms. The summed E-state index contributed by atoms with van der Waals surface area (Å²) in [5, 5.41) is 9.69. The van der Waals surface area contributed by atoms with Gasteiger partial charge in [0.15, 0.2) is 0 Å². The van der Waals surface area contributed by atoms with Crippen LogP contribution in [0.15, 0.2) is 30.4 Å². The number of hydrogen-bond acceptors (Lipinski definition) is 4. The molecule has 0 aromatic heterocycles. The minimum Gasteiger partial charge on any atom is -0.393 e. The van der Waals surface area contributed by atoms with E-state index in [4.69, 9.17) is 4.74 Å². The van der Waals surface area contributed by atoms with E-state index in [0.29, 0.717) is 5.69 Å². The molecule has 3 aliphatic rings. The molecule has 0 aliphatic carbocycles. The van der Waals surface area contributed by atoms with Gasteiger partial charge in [-0.1, -0.05) is 24.3 Å². The molecule has 2 saturated heterocycles. The second-order valence-electron chi connectivity index (χ2n) is 6.36. The van der Waals surface area contributed by atoms with E-state index >= 15 is 0 Å². The summed E-state index contributed by atoms with van der Waals surface area (Å²) < 4.78 is 5.73. The molecule has 114 valence electrons. The van der Waals surface area contributed by atoms with Crippen LogP contribution >= 0.6 is 0 Å². The van der Waals surface area contributed by atoms with Gasteiger partial charge in [0.2, 0.25) is 11.8 Å². The van der Waals surface area contributed by atoms with Gasteiger partial charge in [-0.15, -0.1) is 0 Å². The molecule has 5 nitrogen and oxygen atoms in total. The van der Waals surface area contributed by atoms with Crippen LogP contribution in [-0.4, -0.2) is 35.2 Å². The van der Waals surface area contributed by atoms with Crippen molar-refractivity contribution < 1.29 is 19.4 Å². The van der Waals surface area contributed by atoms with Crippen LogP contribution < -0.4 is 4.90 Å². The molecule has 0 unspecified atom stereocenters. The number of aryl methyl sites for hydroxylation is 2. The van der Waals surface area contributed by atoms with Crippen molar-refractivity contribution in [2.24, 2.45) is 11.8 Å². The number of amides is 2. The second-order valence-corrected chi connectivity index (χ2v) is 6.36. The quantitative estimate of drug-likeness (QED) is 0.656. The summed E-state index contributed by atoms with van der Waals surface area (Å²) in [6, 6.07) is 5.72. The number of ether oxygens (including phenoxy) is 1. The second kappa shape index (κ2) is 4.27.